The quantitative estimate of drug-likeness (QED) is 0.231. The van der Waals surface area contributed by atoms with Crippen LogP contribution in [0.2, 0.25) is 0 Å². The molecule has 0 saturated carbocycles. The zero-order chi connectivity index (χ0) is 25.1. The highest BCUT2D eigenvalue weighted by Crippen LogP contribution is 2.47. The monoisotopic (exact) mass is 522 g/mol. The predicted molar refractivity (Wildman–Crippen MR) is 153 cm³/mol. The summed E-state index contributed by atoms with van der Waals surface area (Å²) in [7, 11) is 0. The minimum atomic E-state index is -0.568. The maximum atomic E-state index is 14.0. The Morgan fingerprint density at radius 1 is 0.816 bits per heavy atom. The zero-order valence-electron chi connectivity index (χ0n) is 20.8. The van der Waals surface area contributed by atoms with Crippen LogP contribution in [0.5, 0.6) is 0 Å². The molecule has 38 heavy (non-hydrogen) atoms. The van der Waals surface area contributed by atoms with E-state index in [1.807, 2.05) is 30.3 Å². The Morgan fingerprint density at radius 3 is 2.45 bits per heavy atom. The maximum absolute atomic E-state index is 14.0. The molecule has 1 heterocycles. The van der Waals surface area contributed by atoms with Gasteiger partial charge in [-0.1, -0.05) is 54.1 Å². The van der Waals surface area contributed by atoms with E-state index < -0.39 is 11.6 Å². The van der Waals surface area contributed by atoms with E-state index in [2.05, 4.69) is 53.5 Å². The minimum Gasteiger partial charge on any atom is -0.207 e. The van der Waals surface area contributed by atoms with Gasteiger partial charge in [-0.25, -0.2) is 8.78 Å². The van der Waals surface area contributed by atoms with Crippen molar-refractivity contribution in [1.82, 2.24) is 10.2 Å². The third-order valence-electron chi connectivity index (χ3n) is 7.82. The van der Waals surface area contributed by atoms with E-state index in [-0.39, 0.29) is 18.3 Å². The predicted octanol–water partition coefficient (Wildman–Crippen LogP) is 8.90. The van der Waals surface area contributed by atoms with Crippen molar-refractivity contribution in [2.45, 2.75) is 32.1 Å². The van der Waals surface area contributed by atoms with Gasteiger partial charge in [0.2, 0.25) is 0 Å². The van der Waals surface area contributed by atoms with Gasteiger partial charge in [-0.3, -0.25) is 0 Å². The van der Waals surface area contributed by atoms with Gasteiger partial charge in [0.25, 0.3) is 0 Å². The smallest absolute Gasteiger partial charge is 0.126 e. The van der Waals surface area contributed by atoms with Gasteiger partial charge in [0.05, 0.1) is 11.2 Å². The molecule has 2 nitrogen and oxygen atoms in total. The van der Waals surface area contributed by atoms with Gasteiger partial charge in [-0.05, 0) is 101 Å². The molecule has 0 fully saturated rings. The Labute approximate surface area is 226 Å². The largest absolute Gasteiger partial charge is 0.207 e. The van der Waals surface area contributed by atoms with Gasteiger partial charge in [0, 0.05) is 17.4 Å². The number of rotatable bonds is 2. The summed E-state index contributed by atoms with van der Waals surface area (Å²) >= 11 is 0. The second-order valence-electron chi connectivity index (χ2n) is 10.1. The number of halogens is 3. The summed E-state index contributed by atoms with van der Waals surface area (Å²) in [6.45, 7) is 2.09. The lowest BCUT2D eigenvalue weighted by Gasteiger charge is -2.32. The molecule has 4 aromatic carbocycles. The first-order valence-corrected chi connectivity index (χ1v) is 12.7. The van der Waals surface area contributed by atoms with Gasteiger partial charge in [-0.15, -0.1) is 12.4 Å². The van der Waals surface area contributed by atoms with Crippen LogP contribution >= 0.6 is 12.4 Å². The average Bonchev–Trinajstić information content (AvgIpc) is 2.91. The number of aromatic nitrogens is 2. The number of benzene rings is 4. The summed E-state index contributed by atoms with van der Waals surface area (Å²) < 4.78 is 27.9. The van der Waals surface area contributed by atoms with Crippen LogP contribution in [-0.4, -0.2) is 10.2 Å². The van der Waals surface area contributed by atoms with E-state index in [9.17, 15) is 8.78 Å². The van der Waals surface area contributed by atoms with Crippen molar-refractivity contribution in [2.75, 3.05) is 0 Å². The molecule has 0 radical (unpaired) electrons. The zero-order valence-corrected chi connectivity index (χ0v) is 21.7. The summed E-state index contributed by atoms with van der Waals surface area (Å²) in [6, 6.07) is 22.4. The average molecular weight is 523 g/mol. The van der Waals surface area contributed by atoms with E-state index >= 15 is 0 Å². The van der Waals surface area contributed by atoms with Crippen LogP contribution in [0, 0.1) is 18.6 Å². The second kappa shape index (κ2) is 9.45. The Balaban J connectivity index is 0.00000264. The van der Waals surface area contributed by atoms with Gasteiger partial charge in [0.15, 0.2) is 0 Å². The lowest BCUT2D eigenvalue weighted by Crippen LogP contribution is -2.18. The van der Waals surface area contributed by atoms with E-state index in [0.717, 1.165) is 58.4 Å². The topological polar surface area (TPSA) is 25.8 Å². The van der Waals surface area contributed by atoms with Crippen LogP contribution in [-0.2, 0) is 6.42 Å². The third-order valence-corrected chi connectivity index (χ3v) is 7.82. The molecule has 1 unspecified atom stereocenters. The summed E-state index contributed by atoms with van der Waals surface area (Å²) in [5, 5.41) is 12.6. The lowest BCUT2D eigenvalue weighted by molar-refractivity contribution is 0.584. The fraction of sp³-hybridized carbons (Fsp3) is 0.152. The molecule has 7 rings (SSSR count). The molecule has 2 aliphatic rings. The van der Waals surface area contributed by atoms with Crippen molar-refractivity contribution < 1.29 is 8.78 Å². The van der Waals surface area contributed by atoms with E-state index in [1.54, 1.807) is 0 Å². The number of aryl methyl sites for hydroxylation is 1. The van der Waals surface area contributed by atoms with Crippen LogP contribution in [0.25, 0.3) is 38.4 Å². The van der Waals surface area contributed by atoms with Crippen LogP contribution < -0.4 is 0 Å². The van der Waals surface area contributed by atoms with Crippen molar-refractivity contribution in [1.29, 1.82) is 0 Å². The van der Waals surface area contributed by atoms with Crippen LogP contribution in [0.4, 0.5) is 8.78 Å². The van der Waals surface area contributed by atoms with Gasteiger partial charge in [0.1, 0.15) is 11.6 Å². The van der Waals surface area contributed by atoms with E-state index in [4.69, 9.17) is 0 Å². The molecule has 1 atom stereocenters. The van der Waals surface area contributed by atoms with Crippen molar-refractivity contribution >= 4 is 39.7 Å². The Bertz CT molecular complexity index is 1780. The molecule has 188 valence electrons. The third kappa shape index (κ3) is 4.00. The maximum Gasteiger partial charge on any atom is 0.126 e. The fourth-order valence-corrected chi connectivity index (χ4v) is 6.21. The lowest BCUT2D eigenvalue weighted by atomic mass is 9.72. The molecule has 5 heteroatoms. The minimum absolute atomic E-state index is 0. The van der Waals surface area contributed by atoms with Gasteiger partial charge >= 0.3 is 0 Å². The molecule has 0 bridgehead atoms. The molecule has 0 spiro atoms. The first-order chi connectivity index (χ1) is 18.0. The molecular formula is C33H25ClF2N2. The highest BCUT2D eigenvalue weighted by atomic mass is 35.5. The highest BCUT2D eigenvalue weighted by molar-refractivity contribution is 5.98. The van der Waals surface area contributed by atoms with Crippen molar-refractivity contribution in [3.8, 4) is 11.1 Å². The normalized spacial score (nSPS) is 16.3. The number of fused-ring (bicyclic) bond motifs is 5. The van der Waals surface area contributed by atoms with E-state index in [1.165, 1.54) is 39.8 Å². The number of nitrogens with zero attached hydrogens (tertiary/aromatic N) is 2. The van der Waals surface area contributed by atoms with Crippen molar-refractivity contribution in [3.05, 3.63) is 125 Å². The van der Waals surface area contributed by atoms with Crippen LogP contribution in [0.15, 0.2) is 90.5 Å². The molecule has 0 saturated heterocycles. The van der Waals surface area contributed by atoms with Crippen molar-refractivity contribution in [3.63, 3.8) is 0 Å². The summed E-state index contributed by atoms with van der Waals surface area (Å²) in [5.41, 5.74) is 9.68. The number of allylic oxidation sites excluding steroid dienone is 4. The van der Waals surface area contributed by atoms with Gasteiger partial charge < -0.3 is 0 Å². The molecule has 2 aliphatic carbocycles. The molecule has 1 aromatic heterocycles. The Kier molecular flexibility index (Phi) is 6.08. The molecule has 0 amide bonds. The standard InChI is InChI=1S/C33H24F2N2.ClH/c1-19-12-22(23-14-24(34)17-25(35)15-23)13-21-10-11-28-26-7-3-4-8-27(26)29(18-30(28)33(19)21)32-16-20-6-2-5-9-31(20)36-37-32;/h2-3,5-7,9-17,29H,4,8,18H2,1H3;1H. The second-order valence-corrected chi connectivity index (χ2v) is 10.1. The van der Waals surface area contributed by atoms with Crippen LogP contribution in [0.3, 0.4) is 0 Å². The Morgan fingerprint density at radius 2 is 1.61 bits per heavy atom. The number of hydrogen-bond acceptors (Lipinski definition) is 2. The first-order valence-electron chi connectivity index (χ1n) is 12.7. The molecule has 5 aromatic rings. The highest BCUT2D eigenvalue weighted by Gasteiger charge is 2.31. The SMILES string of the molecule is Cc1cc(-c2cc(F)cc(F)c2)cc2ccc3c(c12)CC(c1cc2ccccc2nn1)C1=C3C=CCC1.Cl. The first kappa shape index (κ1) is 24.4. The number of hydrogen-bond donors (Lipinski definition) is 0. The van der Waals surface area contributed by atoms with Crippen LogP contribution in [0.1, 0.15) is 41.1 Å². The molecule has 0 N–H and O–H groups in total. The summed E-state index contributed by atoms with van der Waals surface area (Å²) in [4.78, 5) is 0. The molecule has 0 aliphatic heterocycles. The van der Waals surface area contributed by atoms with E-state index in [0.29, 0.717) is 5.56 Å². The van der Waals surface area contributed by atoms with Gasteiger partial charge in [-0.2, -0.15) is 10.2 Å². The summed E-state index contributed by atoms with van der Waals surface area (Å²) in [5.74, 6) is -0.978. The van der Waals surface area contributed by atoms with Crippen molar-refractivity contribution in [2.24, 2.45) is 0 Å². The molecular weight excluding hydrogens is 498 g/mol. The fourth-order valence-electron chi connectivity index (χ4n) is 6.21. The summed E-state index contributed by atoms with van der Waals surface area (Å²) in [6.07, 6.45) is 7.43. The Hall–Kier alpha value is -3.89.